The van der Waals surface area contributed by atoms with Crippen LogP contribution in [0.2, 0.25) is 0 Å². The maximum absolute atomic E-state index is 11.8. The molecule has 6 heteroatoms. The zero-order valence-electron chi connectivity index (χ0n) is 30.6. The summed E-state index contributed by atoms with van der Waals surface area (Å²) in [6.07, 6.45) is 8.21. The Hall–Kier alpha value is -6.92. The molecule has 1 unspecified atom stereocenters. The van der Waals surface area contributed by atoms with Crippen molar-refractivity contribution in [1.82, 2.24) is 0 Å². The summed E-state index contributed by atoms with van der Waals surface area (Å²) >= 11 is 0. The first kappa shape index (κ1) is 38.3. The van der Waals surface area contributed by atoms with Gasteiger partial charge < -0.3 is 19.3 Å². The van der Waals surface area contributed by atoms with Gasteiger partial charge in [0.05, 0.1) is 12.4 Å². The van der Waals surface area contributed by atoms with Gasteiger partial charge in [0.25, 0.3) is 0 Å². The lowest BCUT2D eigenvalue weighted by Gasteiger charge is -2.25. The van der Waals surface area contributed by atoms with Crippen molar-refractivity contribution in [1.29, 1.82) is 0 Å². The van der Waals surface area contributed by atoms with Gasteiger partial charge in [-0.2, -0.15) is 0 Å². The first-order valence-electron chi connectivity index (χ1n) is 17.8. The molecule has 0 aliphatic rings. The molecule has 0 heterocycles. The highest BCUT2D eigenvalue weighted by molar-refractivity contribution is 5.88. The van der Waals surface area contributed by atoms with Crippen LogP contribution in [0.15, 0.2) is 195 Å². The third-order valence-electron chi connectivity index (χ3n) is 8.28. The average Bonchev–Trinajstić information content (AvgIpc) is 3.22. The van der Waals surface area contributed by atoms with Gasteiger partial charge in [0.1, 0.15) is 0 Å². The number of para-hydroxylation sites is 4. The summed E-state index contributed by atoms with van der Waals surface area (Å²) in [6.45, 7) is 7.24. The zero-order valence-corrected chi connectivity index (χ0v) is 30.6. The van der Waals surface area contributed by atoms with Crippen LogP contribution in [0.5, 0.6) is 0 Å². The highest BCUT2D eigenvalue weighted by Crippen LogP contribution is 2.35. The highest BCUT2D eigenvalue weighted by Gasteiger charge is 2.13. The number of carbonyl (C=O) groups excluding carboxylic acids is 2. The lowest BCUT2D eigenvalue weighted by Crippen LogP contribution is -2.11. The smallest absolute Gasteiger partial charge is 0.335 e. The average molecular weight is 713 g/mol. The van der Waals surface area contributed by atoms with Crippen LogP contribution < -0.4 is 9.80 Å². The molecular weight excluding hydrogens is 669 g/mol. The summed E-state index contributed by atoms with van der Waals surface area (Å²) in [7, 11) is 0. The van der Waals surface area contributed by atoms with Crippen molar-refractivity contribution in [2.24, 2.45) is 0 Å². The monoisotopic (exact) mass is 712 g/mol. The van der Waals surface area contributed by atoms with Crippen LogP contribution in [0.1, 0.15) is 31.4 Å². The molecule has 6 aromatic carbocycles. The van der Waals surface area contributed by atoms with Crippen LogP contribution in [0.25, 0.3) is 12.2 Å². The largest absolute Gasteiger partial charge is 0.460 e. The Labute approximate surface area is 318 Å². The van der Waals surface area contributed by atoms with E-state index < -0.39 is 5.97 Å². The number of ether oxygens (including phenoxy) is 2. The fraction of sp³-hybridized carbons (Fsp3) is 0.0833. The summed E-state index contributed by atoms with van der Waals surface area (Å²) in [6, 6.07) is 57.0. The molecule has 270 valence electrons. The van der Waals surface area contributed by atoms with Gasteiger partial charge in [0.2, 0.25) is 0 Å². The minimum atomic E-state index is -0.445. The van der Waals surface area contributed by atoms with E-state index in [-0.39, 0.29) is 12.1 Å². The molecular formula is C48H44N2O4. The Bertz CT molecular complexity index is 2020. The second kappa shape index (κ2) is 20.2. The number of benzene rings is 6. The van der Waals surface area contributed by atoms with E-state index in [9.17, 15) is 9.59 Å². The van der Waals surface area contributed by atoms with Crippen LogP contribution in [0.3, 0.4) is 0 Å². The third kappa shape index (κ3) is 11.3. The predicted octanol–water partition coefficient (Wildman–Crippen LogP) is 12.4. The lowest BCUT2D eigenvalue weighted by molar-refractivity contribution is -0.142. The topological polar surface area (TPSA) is 59.1 Å². The molecule has 1 atom stereocenters. The number of nitrogens with zero attached hydrogens (tertiary/aromatic N) is 2. The van der Waals surface area contributed by atoms with E-state index in [1.54, 1.807) is 12.2 Å². The van der Waals surface area contributed by atoms with E-state index >= 15 is 0 Å². The first-order valence-corrected chi connectivity index (χ1v) is 17.8. The quantitative estimate of drug-likeness (QED) is 0.0675. The summed E-state index contributed by atoms with van der Waals surface area (Å²) in [5.41, 5.74) is 8.29. The Morgan fingerprint density at radius 2 is 0.833 bits per heavy atom. The van der Waals surface area contributed by atoms with Gasteiger partial charge in [-0.05, 0) is 109 Å². The minimum Gasteiger partial charge on any atom is -0.460 e. The molecule has 0 aliphatic carbocycles. The lowest BCUT2D eigenvalue weighted by atomic mass is 10.1. The van der Waals surface area contributed by atoms with Crippen molar-refractivity contribution < 1.29 is 19.1 Å². The summed E-state index contributed by atoms with van der Waals surface area (Å²) in [5, 5.41) is 0. The predicted molar refractivity (Wildman–Crippen MR) is 222 cm³/mol. The van der Waals surface area contributed by atoms with Crippen molar-refractivity contribution >= 4 is 58.2 Å². The first-order chi connectivity index (χ1) is 26.4. The summed E-state index contributed by atoms with van der Waals surface area (Å²) < 4.78 is 9.94. The Morgan fingerprint density at radius 3 is 1.15 bits per heavy atom. The number of carbonyl (C=O) groups is 2. The molecule has 0 saturated carbocycles. The van der Waals surface area contributed by atoms with Crippen LogP contribution in [-0.2, 0) is 19.1 Å². The molecule has 0 saturated heterocycles. The molecule has 0 fully saturated rings. The van der Waals surface area contributed by atoms with Gasteiger partial charge in [0, 0.05) is 46.3 Å². The van der Waals surface area contributed by atoms with Crippen LogP contribution in [0, 0.1) is 0 Å². The molecule has 6 rings (SSSR count). The van der Waals surface area contributed by atoms with Gasteiger partial charge in [0.15, 0.2) is 0 Å². The number of anilines is 6. The molecule has 0 spiro atoms. The molecule has 0 bridgehead atoms. The maximum Gasteiger partial charge on any atom is 0.335 e. The molecule has 0 aliphatic heterocycles. The van der Waals surface area contributed by atoms with Gasteiger partial charge in [-0.1, -0.05) is 111 Å². The van der Waals surface area contributed by atoms with Crippen LogP contribution >= 0.6 is 0 Å². The van der Waals surface area contributed by atoms with Gasteiger partial charge in [-0.25, -0.2) is 9.59 Å². The number of hydrogen-bond donors (Lipinski definition) is 0. The number of esters is 2. The van der Waals surface area contributed by atoms with E-state index in [1.165, 1.54) is 12.2 Å². The van der Waals surface area contributed by atoms with Crippen molar-refractivity contribution in [3.05, 3.63) is 206 Å². The van der Waals surface area contributed by atoms with E-state index in [4.69, 9.17) is 4.74 Å². The second-order valence-electron chi connectivity index (χ2n) is 12.1. The van der Waals surface area contributed by atoms with Gasteiger partial charge in [-0.3, -0.25) is 0 Å². The molecule has 54 heavy (non-hydrogen) atoms. The van der Waals surface area contributed by atoms with Crippen molar-refractivity contribution in [2.75, 3.05) is 9.80 Å². The maximum atomic E-state index is 11.8. The van der Waals surface area contributed by atoms with Crippen LogP contribution in [0.4, 0.5) is 34.1 Å². The van der Waals surface area contributed by atoms with Gasteiger partial charge in [-0.15, -0.1) is 0 Å². The normalized spacial score (nSPS) is 11.2. The fourth-order valence-electron chi connectivity index (χ4n) is 5.44. The molecule has 0 radical (unpaired) electrons. The highest BCUT2D eigenvalue weighted by atomic mass is 16.5. The van der Waals surface area contributed by atoms with Crippen LogP contribution in [-0.4, -0.2) is 18.0 Å². The van der Waals surface area contributed by atoms with E-state index in [0.717, 1.165) is 57.9 Å². The Balaban J connectivity index is 0.000000208. The Morgan fingerprint density at radius 1 is 0.519 bits per heavy atom. The van der Waals surface area contributed by atoms with Crippen molar-refractivity contribution in [2.45, 2.75) is 26.4 Å². The summed E-state index contributed by atoms with van der Waals surface area (Å²) in [5.74, 6) is -0.757. The van der Waals surface area contributed by atoms with Crippen molar-refractivity contribution in [3.63, 3.8) is 0 Å². The molecule has 6 nitrogen and oxygen atoms in total. The zero-order chi connectivity index (χ0) is 38.0. The molecule has 6 aromatic rings. The fourth-order valence-corrected chi connectivity index (χ4v) is 5.44. The minimum absolute atomic E-state index is 0.0650. The summed E-state index contributed by atoms with van der Waals surface area (Å²) in [4.78, 5) is 27.6. The number of hydrogen-bond acceptors (Lipinski definition) is 6. The third-order valence-corrected chi connectivity index (χ3v) is 8.28. The van der Waals surface area contributed by atoms with E-state index in [1.807, 2.05) is 123 Å². The van der Waals surface area contributed by atoms with Gasteiger partial charge >= 0.3 is 11.9 Å². The second-order valence-corrected chi connectivity index (χ2v) is 12.1. The van der Waals surface area contributed by atoms with E-state index in [2.05, 4.69) is 81.8 Å². The Kier molecular flexibility index (Phi) is 14.3. The van der Waals surface area contributed by atoms with E-state index in [0.29, 0.717) is 0 Å². The standard InChI is InChI=1S/C25H25NO2.C23H19NO2/c1-3-20(2)28-25(27)19-16-21-14-17-24(18-15-21)26(22-10-6-4-7-11-22)23-12-8-5-9-13-23;1-2-26-23(25)18-15-19-13-16-22(17-14-19)24(20-9-5-3-6-10-20)21-11-7-4-8-12-21/h4-20H,3H2,1-2H3;2-18H,1H2/b19-16+;18-15+. The van der Waals surface area contributed by atoms with Crippen molar-refractivity contribution in [3.8, 4) is 0 Å². The number of rotatable bonds is 13. The SMILES string of the molecule is C=COC(=O)/C=C/c1ccc(N(c2ccccc2)c2ccccc2)cc1.CCC(C)OC(=O)/C=C/c1ccc(N(c2ccccc2)c2ccccc2)cc1. The molecule has 0 amide bonds. The molecule has 0 N–H and O–H groups in total. The molecule has 0 aromatic heterocycles.